The van der Waals surface area contributed by atoms with Crippen LogP contribution in [0, 0.1) is 11.6 Å². The lowest BCUT2D eigenvalue weighted by Crippen LogP contribution is -2.09. The summed E-state index contributed by atoms with van der Waals surface area (Å²) in [4.78, 5) is 3.52. The molecular formula is C12H7F5N2. The molecule has 19 heavy (non-hydrogen) atoms. The molecule has 0 atom stereocenters. The van der Waals surface area contributed by atoms with Gasteiger partial charge in [-0.3, -0.25) is 4.98 Å². The highest BCUT2D eigenvalue weighted by Crippen LogP contribution is 2.35. The van der Waals surface area contributed by atoms with Crippen molar-refractivity contribution < 1.29 is 22.0 Å². The van der Waals surface area contributed by atoms with Crippen LogP contribution in [0.15, 0.2) is 30.5 Å². The molecule has 0 aliphatic heterocycles. The van der Waals surface area contributed by atoms with E-state index in [1.807, 2.05) is 0 Å². The van der Waals surface area contributed by atoms with Gasteiger partial charge in [-0.2, -0.15) is 13.2 Å². The molecule has 2 aromatic rings. The predicted octanol–water partition coefficient (Wildman–Crippen LogP) is 3.63. The SMILES string of the molecule is Nc1cnc(-c2cccc(C(F)(F)F)c2F)c(F)c1. The van der Waals surface area contributed by atoms with Crippen LogP contribution in [-0.2, 0) is 6.18 Å². The van der Waals surface area contributed by atoms with Gasteiger partial charge in [-0.05, 0) is 12.1 Å². The summed E-state index contributed by atoms with van der Waals surface area (Å²) < 4.78 is 64.9. The lowest BCUT2D eigenvalue weighted by atomic mass is 10.1. The van der Waals surface area contributed by atoms with E-state index in [0.29, 0.717) is 6.07 Å². The quantitative estimate of drug-likeness (QED) is 0.806. The number of hydrogen-bond donors (Lipinski definition) is 1. The van der Waals surface area contributed by atoms with Crippen molar-refractivity contribution in [3.05, 3.63) is 47.7 Å². The lowest BCUT2D eigenvalue weighted by molar-refractivity contribution is -0.139. The first-order valence-electron chi connectivity index (χ1n) is 5.08. The smallest absolute Gasteiger partial charge is 0.397 e. The number of halogens is 5. The standard InChI is InChI=1S/C12H7F5N2/c13-9-4-6(18)5-19-11(9)7-2-1-3-8(10(7)14)12(15,16)17/h1-5H,18H2. The molecule has 0 amide bonds. The summed E-state index contributed by atoms with van der Waals surface area (Å²) in [6.07, 6.45) is -3.82. The summed E-state index contributed by atoms with van der Waals surface area (Å²) in [6, 6.07) is 3.45. The van der Waals surface area contributed by atoms with Crippen molar-refractivity contribution in [3.8, 4) is 11.3 Å². The lowest BCUT2D eigenvalue weighted by Gasteiger charge is -2.11. The third kappa shape index (κ3) is 2.49. The van der Waals surface area contributed by atoms with E-state index in [-0.39, 0.29) is 5.69 Å². The molecule has 1 heterocycles. The number of nitrogens with zero attached hydrogens (tertiary/aromatic N) is 1. The van der Waals surface area contributed by atoms with Gasteiger partial charge in [0.05, 0.1) is 17.4 Å². The van der Waals surface area contributed by atoms with Crippen molar-refractivity contribution in [1.82, 2.24) is 4.98 Å². The number of pyridine rings is 1. The molecule has 0 radical (unpaired) electrons. The highest BCUT2D eigenvalue weighted by molar-refractivity contribution is 5.63. The number of anilines is 1. The summed E-state index contributed by atoms with van der Waals surface area (Å²) in [5, 5.41) is 0. The Bertz CT molecular complexity index is 622. The third-order valence-corrected chi connectivity index (χ3v) is 2.42. The molecule has 0 aliphatic rings. The van der Waals surface area contributed by atoms with E-state index in [1.54, 1.807) is 0 Å². The second-order valence-electron chi connectivity index (χ2n) is 3.76. The Morgan fingerprint density at radius 2 is 1.79 bits per heavy atom. The van der Waals surface area contributed by atoms with Crippen LogP contribution >= 0.6 is 0 Å². The number of nitrogens with two attached hydrogens (primary N) is 1. The zero-order valence-electron chi connectivity index (χ0n) is 9.30. The van der Waals surface area contributed by atoms with Gasteiger partial charge in [0.25, 0.3) is 0 Å². The Morgan fingerprint density at radius 3 is 2.37 bits per heavy atom. The maximum absolute atomic E-state index is 13.8. The van der Waals surface area contributed by atoms with E-state index in [0.717, 1.165) is 24.4 Å². The Morgan fingerprint density at radius 1 is 1.11 bits per heavy atom. The fourth-order valence-electron chi connectivity index (χ4n) is 1.58. The maximum atomic E-state index is 13.8. The van der Waals surface area contributed by atoms with E-state index in [1.165, 1.54) is 0 Å². The van der Waals surface area contributed by atoms with Gasteiger partial charge in [-0.1, -0.05) is 6.07 Å². The van der Waals surface area contributed by atoms with Crippen molar-refractivity contribution in [3.63, 3.8) is 0 Å². The molecule has 0 aliphatic carbocycles. The van der Waals surface area contributed by atoms with Crippen LogP contribution in [0.25, 0.3) is 11.3 Å². The fourth-order valence-corrected chi connectivity index (χ4v) is 1.58. The van der Waals surface area contributed by atoms with Gasteiger partial charge in [0.2, 0.25) is 0 Å². The molecule has 0 bridgehead atoms. The van der Waals surface area contributed by atoms with Crippen molar-refractivity contribution in [2.45, 2.75) is 6.18 Å². The van der Waals surface area contributed by atoms with Crippen LogP contribution in [0.3, 0.4) is 0 Å². The Kier molecular flexibility index (Phi) is 3.13. The molecule has 7 heteroatoms. The van der Waals surface area contributed by atoms with E-state index < -0.39 is 34.6 Å². The molecular weight excluding hydrogens is 267 g/mol. The minimum Gasteiger partial charge on any atom is -0.397 e. The molecule has 2 N–H and O–H groups in total. The number of rotatable bonds is 1. The van der Waals surface area contributed by atoms with Crippen LogP contribution in [0.4, 0.5) is 27.6 Å². The second kappa shape index (κ2) is 4.49. The summed E-state index contributed by atoms with van der Waals surface area (Å²) >= 11 is 0. The largest absolute Gasteiger partial charge is 0.419 e. The summed E-state index contributed by atoms with van der Waals surface area (Å²) in [5.74, 6) is -2.55. The number of alkyl halides is 3. The number of aromatic nitrogens is 1. The van der Waals surface area contributed by atoms with E-state index in [9.17, 15) is 22.0 Å². The van der Waals surface area contributed by atoms with E-state index >= 15 is 0 Å². The Balaban J connectivity index is 2.64. The summed E-state index contributed by atoms with van der Waals surface area (Å²) in [5.41, 5.74) is 2.71. The Labute approximate surface area is 104 Å². The van der Waals surface area contributed by atoms with Gasteiger partial charge in [0.1, 0.15) is 11.5 Å². The zero-order valence-corrected chi connectivity index (χ0v) is 9.30. The van der Waals surface area contributed by atoms with Gasteiger partial charge in [0, 0.05) is 11.6 Å². The van der Waals surface area contributed by atoms with Crippen LogP contribution < -0.4 is 5.73 Å². The molecule has 100 valence electrons. The fraction of sp³-hybridized carbons (Fsp3) is 0.0833. The highest BCUT2D eigenvalue weighted by atomic mass is 19.4. The van der Waals surface area contributed by atoms with Gasteiger partial charge in [0.15, 0.2) is 5.82 Å². The van der Waals surface area contributed by atoms with Crippen molar-refractivity contribution >= 4 is 5.69 Å². The molecule has 1 aromatic heterocycles. The summed E-state index contributed by atoms with van der Waals surface area (Å²) in [7, 11) is 0. The van der Waals surface area contributed by atoms with Gasteiger partial charge >= 0.3 is 6.18 Å². The van der Waals surface area contributed by atoms with Gasteiger partial charge in [-0.25, -0.2) is 8.78 Å². The molecule has 0 fully saturated rings. The molecule has 2 nitrogen and oxygen atoms in total. The average molecular weight is 274 g/mol. The molecule has 0 saturated carbocycles. The Hall–Kier alpha value is -2.18. The first-order chi connectivity index (χ1) is 8.80. The molecule has 2 rings (SSSR count). The van der Waals surface area contributed by atoms with Crippen LogP contribution in [0.1, 0.15) is 5.56 Å². The van der Waals surface area contributed by atoms with Crippen LogP contribution in [0.5, 0.6) is 0 Å². The number of nitrogen functional groups attached to an aromatic ring is 1. The minimum atomic E-state index is -4.86. The molecule has 1 aromatic carbocycles. The summed E-state index contributed by atoms with van der Waals surface area (Å²) in [6.45, 7) is 0. The topological polar surface area (TPSA) is 38.9 Å². The predicted molar refractivity (Wildman–Crippen MR) is 59.0 cm³/mol. The van der Waals surface area contributed by atoms with Crippen molar-refractivity contribution in [1.29, 1.82) is 0 Å². The van der Waals surface area contributed by atoms with E-state index in [2.05, 4.69) is 4.98 Å². The molecule has 0 spiro atoms. The number of hydrogen-bond acceptors (Lipinski definition) is 2. The minimum absolute atomic E-state index is 0.00589. The van der Waals surface area contributed by atoms with Crippen LogP contribution in [0.2, 0.25) is 0 Å². The first kappa shape index (κ1) is 13.3. The van der Waals surface area contributed by atoms with Gasteiger partial charge < -0.3 is 5.73 Å². The van der Waals surface area contributed by atoms with E-state index in [4.69, 9.17) is 5.73 Å². The van der Waals surface area contributed by atoms with Crippen molar-refractivity contribution in [2.75, 3.05) is 5.73 Å². The highest BCUT2D eigenvalue weighted by Gasteiger charge is 2.35. The zero-order chi connectivity index (χ0) is 14.2. The van der Waals surface area contributed by atoms with Gasteiger partial charge in [-0.15, -0.1) is 0 Å². The first-order valence-corrected chi connectivity index (χ1v) is 5.08. The number of benzene rings is 1. The van der Waals surface area contributed by atoms with Crippen molar-refractivity contribution in [2.24, 2.45) is 0 Å². The molecule has 0 unspecified atom stereocenters. The third-order valence-electron chi connectivity index (χ3n) is 2.42. The monoisotopic (exact) mass is 274 g/mol. The average Bonchev–Trinajstić information content (AvgIpc) is 2.28. The normalized spacial score (nSPS) is 11.6. The molecule has 0 saturated heterocycles. The second-order valence-corrected chi connectivity index (χ2v) is 3.76. The van der Waals surface area contributed by atoms with Crippen LogP contribution in [-0.4, -0.2) is 4.98 Å². The maximum Gasteiger partial charge on any atom is 0.419 e.